The Hall–Kier alpha value is -1.59. The lowest BCUT2D eigenvalue weighted by Crippen LogP contribution is -2.60. The molecule has 0 aliphatic carbocycles. The van der Waals surface area contributed by atoms with Crippen LogP contribution >= 0.6 is 15.9 Å². The number of benzene rings is 2. The highest BCUT2D eigenvalue weighted by molar-refractivity contribution is 9.10. The molecule has 126 valence electrons. The molecule has 0 radical (unpaired) electrons. The number of rotatable bonds is 2. The van der Waals surface area contributed by atoms with Crippen LogP contribution < -0.4 is 20.2 Å². The van der Waals surface area contributed by atoms with Gasteiger partial charge >= 0.3 is 0 Å². The van der Waals surface area contributed by atoms with Crippen LogP contribution in [-0.2, 0) is 0 Å². The summed E-state index contributed by atoms with van der Waals surface area (Å²) in [5, 5.41) is 2.45. The fraction of sp³-hybridized carbons (Fsp3) is 0.316. The molecule has 24 heavy (non-hydrogen) atoms. The van der Waals surface area contributed by atoms with E-state index in [1.165, 1.54) is 10.4 Å². The second kappa shape index (κ2) is 5.74. The van der Waals surface area contributed by atoms with Crippen LogP contribution in [0.3, 0.4) is 0 Å². The molecule has 0 bridgehead atoms. The van der Waals surface area contributed by atoms with Gasteiger partial charge in [-0.3, -0.25) is 4.79 Å². The van der Waals surface area contributed by atoms with Crippen LogP contribution in [-0.4, -0.2) is 42.0 Å². The Balaban J connectivity index is 2.31. The SMILES string of the molecule is CN(C)c1ccc2c(c1)[Si](C)(C)c1cc(N(C)C)cc(Br)c1C2=O. The number of carbonyl (C=O) groups excluding carboxylic acids is 1. The number of hydrogen-bond donors (Lipinski definition) is 0. The average molecular weight is 403 g/mol. The summed E-state index contributed by atoms with van der Waals surface area (Å²) in [5.74, 6) is 0.134. The van der Waals surface area contributed by atoms with Gasteiger partial charge in [0.2, 0.25) is 0 Å². The Morgan fingerprint density at radius 1 is 0.875 bits per heavy atom. The van der Waals surface area contributed by atoms with Crippen molar-refractivity contribution < 1.29 is 4.79 Å². The molecule has 0 saturated heterocycles. The van der Waals surface area contributed by atoms with Crippen molar-refractivity contribution in [3.05, 3.63) is 45.9 Å². The number of ketones is 1. The Morgan fingerprint density at radius 2 is 1.46 bits per heavy atom. The van der Waals surface area contributed by atoms with Crippen molar-refractivity contribution in [1.82, 2.24) is 0 Å². The molecule has 0 N–H and O–H groups in total. The van der Waals surface area contributed by atoms with E-state index >= 15 is 0 Å². The summed E-state index contributed by atoms with van der Waals surface area (Å²) in [6, 6.07) is 10.5. The van der Waals surface area contributed by atoms with Gasteiger partial charge in [0, 0.05) is 55.2 Å². The minimum atomic E-state index is -1.96. The van der Waals surface area contributed by atoms with Crippen LogP contribution in [0, 0.1) is 0 Å². The van der Waals surface area contributed by atoms with Crippen molar-refractivity contribution in [3.63, 3.8) is 0 Å². The highest BCUT2D eigenvalue weighted by Crippen LogP contribution is 2.30. The molecule has 3 rings (SSSR count). The van der Waals surface area contributed by atoms with Gasteiger partial charge in [-0.25, -0.2) is 0 Å². The Labute approximate surface area is 153 Å². The zero-order chi connectivity index (χ0) is 17.8. The highest BCUT2D eigenvalue weighted by atomic mass is 79.9. The van der Waals surface area contributed by atoms with Gasteiger partial charge in [0.1, 0.15) is 8.07 Å². The van der Waals surface area contributed by atoms with Gasteiger partial charge in [-0.05, 0) is 56.6 Å². The molecule has 1 heterocycles. The van der Waals surface area contributed by atoms with Crippen LogP contribution in [0.2, 0.25) is 13.1 Å². The van der Waals surface area contributed by atoms with Crippen molar-refractivity contribution in [1.29, 1.82) is 0 Å². The van der Waals surface area contributed by atoms with E-state index in [9.17, 15) is 4.79 Å². The van der Waals surface area contributed by atoms with Gasteiger partial charge in [-0.1, -0.05) is 13.1 Å². The van der Waals surface area contributed by atoms with E-state index in [2.05, 4.69) is 51.0 Å². The first-order valence-corrected chi connectivity index (χ1v) is 11.8. The summed E-state index contributed by atoms with van der Waals surface area (Å²) in [7, 11) is 6.18. The van der Waals surface area contributed by atoms with Crippen LogP contribution in [0.25, 0.3) is 0 Å². The zero-order valence-corrected chi connectivity index (χ0v) is 17.7. The second-order valence-corrected chi connectivity index (χ2v) is 12.5. The summed E-state index contributed by atoms with van der Waals surface area (Å²) >= 11 is 3.65. The Bertz CT molecular complexity index is 844. The predicted molar refractivity (Wildman–Crippen MR) is 109 cm³/mol. The highest BCUT2D eigenvalue weighted by Gasteiger charge is 2.40. The van der Waals surface area contributed by atoms with Crippen LogP contribution in [0.5, 0.6) is 0 Å². The Morgan fingerprint density at radius 3 is 2.04 bits per heavy atom. The van der Waals surface area contributed by atoms with Crippen molar-refractivity contribution >= 4 is 51.5 Å². The quantitative estimate of drug-likeness (QED) is 0.721. The molecule has 2 aromatic carbocycles. The molecule has 0 saturated carbocycles. The largest absolute Gasteiger partial charge is 0.378 e. The maximum absolute atomic E-state index is 13.1. The molecule has 5 heteroatoms. The molecule has 0 unspecified atom stereocenters. The topological polar surface area (TPSA) is 23.6 Å². The normalized spacial score (nSPS) is 14.9. The minimum Gasteiger partial charge on any atom is -0.378 e. The number of anilines is 2. The molecule has 1 aliphatic heterocycles. The van der Waals surface area contributed by atoms with Crippen molar-refractivity contribution in [2.45, 2.75) is 13.1 Å². The van der Waals surface area contributed by atoms with E-state index in [4.69, 9.17) is 0 Å². The lowest BCUT2D eigenvalue weighted by Gasteiger charge is -2.35. The van der Waals surface area contributed by atoms with Crippen molar-refractivity contribution in [2.75, 3.05) is 38.0 Å². The zero-order valence-electron chi connectivity index (χ0n) is 15.1. The average Bonchev–Trinajstić information content (AvgIpc) is 2.51. The van der Waals surface area contributed by atoms with Gasteiger partial charge in [0.15, 0.2) is 5.78 Å². The maximum atomic E-state index is 13.1. The van der Waals surface area contributed by atoms with E-state index < -0.39 is 8.07 Å². The molecular weight excluding hydrogens is 380 g/mol. The fourth-order valence-electron chi connectivity index (χ4n) is 3.38. The third-order valence-corrected chi connectivity index (χ3v) is 9.06. The fourth-order valence-corrected chi connectivity index (χ4v) is 7.24. The first kappa shape index (κ1) is 17.2. The van der Waals surface area contributed by atoms with E-state index in [-0.39, 0.29) is 5.78 Å². The third-order valence-electron chi connectivity index (χ3n) is 4.93. The Kier molecular flexibility index (Phi) is 4.12. The summed E-state index contributed by atoms with van der Waals surface area (Å²) < 4.78 is 0.900. The molecule has 0 atom stereocenters. The number of hydrogen-bond acceptors (Lipinski definition) is 3. The van der Waals surface area contributed by atoms with E-state index in [1.807, 2.05) is 46.4 Å². The van der Waals surface area contributed by atoms with Crippen LogP contribution in [0.4, 0.5) is 11.4 Å². The molecule has 1 aliphatic rings. The van der Waals surface area contributed by atoms with E-state index in [1.54, 1.807) is 0 Å². The van der Waals surface area contributed by atoms with Crippen LogP contribution in [0.15, 0.2) is 34.8 Å². The standard InChI is InChI=1S/C19H23BrN2OSi/c1-21(2)12-7-8-14-16(10-12)24(5,6)17-11-13(22(3)4)9-15(20)18(17)19(14)23/h7-11H,1-6H3. The third kappa shape index (κ3) is 2.50. The molecule has 3 nitrogen and oxygen atoms in total. The molecule has 0 fully saturated rings. The van der Waals surface area contributed by atoms with Gasteiger partial charge < -0.3 is 9.80 Å². The first-order chi connectivity index (χ1) is 11.1. The molecular formula is C19H23BrN2OSi. The summed E-state index contributed by atoms with van der Waals surface area (Å²) in [5.41, 5.74) is 3.99. The lowest BCUT2D eigenvalue weighted by molar-refractivity contribution is 0.103. The summed E-state index contributed by atoms with van der Waals surface area (Å²) in [6.07, 6.45) is 0. The molecule has 0 spiro atoms. The summed E-state index contributed by atoms with van der Waals surface area (Å²) in [4.78, 5) is 17.3. The van der Waals surface area contributed by atoms with Crippen LogP contribution in [0.1, 0.15) is 15.9 Å². The van der Waals surface area contributed by atoms with E-state index in [0.29, 0.717) is 0 Å². The smallest absolute Gasteiger partial charge is 0.193 e. The minimum absolute atomic E-state index is 0.134. The number of carbonyl (C=O) groups is 1. The molecule has 0 amide bonds. The monoisotopic (exact) mass is 402 g/mol. The number of nitrogens with zero attached hydrogens (tertiary/aromatic N) is 2. The number of halogens is 1. The first-order valence-electron chi connectivity index (χ1n) is 8.02. The molecule has 0 aromatic heterocycles. The van der Waals surface area contributed by atoms with Gasteiger partial charge in [0.05, 0.1) is 0 Å². The van der Waals surface area contributed by atoms with E-state index in [0.717, 1.165) is 27.0 Å². The molecule has 2 aromatic rings. The summed E-state index contributed by atoms with van der Waals surface area (Å²) in [6.45, 7) is 4.67. The second-order valence-electron chi connectivity index (χ2n) is 7.32. The number of fused-ring (bicyclic) bond motifs is 2. The van der Waals surface area contributed by atoms with Gasteiger partial charge in [-0.15, -0.1) is 0 Å². The lowest BCUT2D eigenvalue weighted by atomic mass is 10.0. The maximum Gasteiger partial charge on any atom is 0.193 e. The van der Waals surface area contributed by atoms with Crippen molar-refractivity contribution in [2.24, 2.45) is 0 Å². The predicted octanol–water partition coefficient (Wildman–Crippen LogP) is 2.95. The van der Waals surface area contributed by atoms with Gasteiger partial charge in [0.25, 0.3) is 0 Å². The van der Waals surface area contributed by atoms with Gasteiger partial charge in [-0.2, -0.15) is 0 Å². The van der Waals surface area contributed by atoms with Crippen molar-refractivity contribution in [3.8, 4) is 0 Å².